The molecule has 4 rings (SSSR count). The van der Waals surface area contributed by atoms with Gasteiger partial charge in [0.25, 0.3) is 5.91 Å². The normalized spacial score (nSPS) is 11.8. The molecule has 0 aliphatic heterocycles. The van der Waals surface area contributed by atoms with Crippen molar-refractivity contribution in [2.75, 3.05) is 23.4 Å². The Morgan fingerprint density at radius 2 is 1.66 bits per heavy atom. The fourth-order valence-corrected chi connectivity index (χ4v) is 4.84. The Labute approximate surface area is 223 Å². The van der Waals surface area contributed by atoms with Gasteiger partial charge in [-0.3, -0.25) is 9.52 Å². The predicted molar refractivity (Wildman–Crippen MR) is 152 cm³/mol. The van der Waals surface area contributed by atoms with E-state index in [-0.39, 0.29) is 22.8 Å². The van der Waals surface area contributed by atoms with Crippen molar-refractivity contribution in [3.63, 3.8) is 0 Å². The van der Waals surface area contributed by atoms with Crippen molar-refractivity contribution in [2.24, 2.45) is 7.05 Å². The third kappa shape index (κ3) is 5.94. The van der Waals surface area contributed by atoms with E-state index in [4.69, 9.17) is 9.47 Å². The van der Waals surface area contributed by atoms with Gasteiger partial charge in [0.15, 0.2) is 5.75 Å². The van der Waals surface area contributed by atoms with Gasteiger partial charge in [0.05, 0.1) is 30.3 Å². The smallest absolute Gasteiger partial charge is 0.272 e. The molecule has 1 heterocycles. The van der Waals surface area contributed by atoms with Gasteiger partial charge in [-0.05, 0) is 40.8 Å². The Kier molecular flexibility index (Phi) is 7.42. The summed E-state index contributed by atoms with van der Waals surface area (Å²) in [5.74, 6) is 0.523. The Bertz CT molecular complexity index is 1590. The number of methoxy groups -OCH3 is 1. The first-order chi connectivity index (χ1) is 17.9. The number of fused-ring (bicyclic) bond motifs is 1. The second-order valence-electron chi connectivity index (χ2n) is 10.2. The largest absolute Gasteiger partial charge is 0.492 e. The van der Waals surface area contributed by atoms with Crippen LogP contribution >= 0.6 is 0 Å². The van der Waals surface area contributed by atoms with Gasteiger partial charge in [0, 0.05) is 12.4 Å². The lowest BCUT2D eigenvalue weighted by Crippen LogP contribution is -2.19. The SMILES string of the molecule is COc1c(NC(=O)c2cc3cccc(OCc4ccccc4)c3n2C)cc(C(C)(C)C)cc1NS(C)(=O)=O. The second kappa shape index (κ2) is 10.4. The van der Waals surface area contributed by atoms with E-state index < -0.39 is 10.0 Å². The minimum atomic E-state index is -3.58. The second-order valence-corrected chi connectivity index (χ2v) is 12.0. The summed E-state index contributed by atoms with van der Waals surface area (Å²) >= 11 is 0. The number of hydrogen-bond acceptors (Lipinski definition) is 5. The van der Waals surface area contributed by atoms with Crippen LogP contribution in [0.1, 0.15) is 42.4 Å². The molecule has 1 amide bonds. The van der Waals surface area contributed by atoms with E-state index in [0.29, 0.717) is 23.7 Å². The summed E-state index contributed by atoms with van der Waals surface area (Å²) in [5.41, 5.74) is 3.38. The number of hydrogen-bond donors (Lipinski definition) is 2. The number of aryl methyl sites for hydroxylation is 1. The van der Waals surface area contributed by atoms with Crippen molar-refractivity contribution in [2.45, 2.75) is 32.8 Å². The number of anilines is 2. The summed E-state index contributed by atoms with van der Waals surface area (Å²) in [6.07, 6.45) is 1.07. The standard InChI is InChI=1S/C29H33N3O5S/c1-29(2,3)21-16-22(27(36-5)23(17-21)31-38(6,34)35)30-28(33)24-15-20-13-10-14-25(26(20)32(24)4)37-18-19-11-8-7-9-12-19/h7-17,31H,18H2,1-6H3,(H,30,33). The monoisotopic (exact) mass is 535 g/mol. The molecule has 0 atom stereocenters. The molecule has 8 nitrogen and oxygen atoms in total. The molecule has 0 spiro atoms. The van der Waals surface area contributed by atoms with Crippen LogP contribution in [0, 0.1) is 0 Å². The van der Waals surface area contributed by atoms with Crippen molar-refractivity contribution in [3.8, 4) is 11.5 Å². The number of aromatic nitrogens is 1. The zero-order valence-corrected chi connectivity index (χ0v) is 23.3. The molecule has 2 N–H and O–H groups in total. The highest BCUT2D eigenvalue weighted by Gasteiger charge is 2.24. The summed E-state index contributed by atoms with van der Waals surface area (Å²) in [5, 5.41) is 3.79. The van der Waals surface area contributed by atoms with Gasteiger partial charge in [-0.2, -0.15) is 0 Å². The molecule has 1 aromatic heterocycles. The van der Waals surface area contributed by atoms with Crippen LogP contribution in [-0.2, 0) is 29.1 Å². The summed E-state index contributed by atoms with van der Waals surface area (Å²) in [6.45, 7) is 6.42. The van der Waals surface area contributed by atoms with E-state index in [0.717, 1.165) is 28.3 Å². The maximum Gasteiger partial charge on any atom is 0.272 e. The lowest BCUT2D eigenvalue weighted by atomic mass is 9.86. The maximum absolute atomic E-state index is 13.6. The minimum Gasteiger partial charge on any atom is -0.492 e. The molecule has 3 aromatic carbocycles. The first kappa shape index (κ1) is 27.1. The third-order valence-corrected chi connectivity index (χ3v) is 6.78. The van der Waals surface area contributed by atoms with Gasteiger partial charge < -0.3 is 19.4 Å². The van der Waals surface area contributed by atoms with Crippen LogP contribution in [0.4, 0.5) is 11.4 Å². The van der Waals surface area contributed by atoms with Crippen LogP contribution in [0.2, 0.25) is 0 Å². The number of benzene rings is 3. The predicted octanol–water partition coefficient (Wildman–Crippen LogP) is 5.69. The number of nitrogens with one attached hydrogen (secondary N) is 2. The van der Waals surface area contributed by atoms with Gasteiger partial charge in [0.2, 0.25) is 10.0 Å². The average molecular weight is 536 g/mol. The van der Waals surface area contributed by atoms with Crippen molar-refractivity contribution in [1.82, 2.24) is 4.57 Å². The number of carbonyl (C=O) groups is 1. The number of rotatable bonds is 8. The van der Waals surface area contributed by atoms with E-state index >= 15 is 0 Å². The van der Waals surface area contributed by atoms with Crippen LogP contribution in [0.5, 0.6) is 11.5 Å². The van der Waals surface area contributed by atoms with Crippen LogP contribution in [0.25, 0.3) is 10.9 Å². The van der Waals surface area contributed by atoms with Crippen molar-refractivity contribution >= 4 is 38.2 Å². The molecule has 38 heavy (non-hydrogen) atoms. The molecule has 200 valence electrons. The Morgan fingerprint density at radius 1 is 0.974 bits per heavy atom. The van der Waals surface area contributed by atoms with E-state index in [9.17, 15) is 13.2 Å². The Hall–Kier alpha value is -3.98. The molecular weight excluding hydrogens is 502 g/mol. The van der Waals surface area contributed by atoms with Gasteiger partial charge >= 0.3 is 0 Å². The number of carbonyl (C=O) groups excluding carboxylic acids is 1. The highest BCUT2D eigenvalue weighted by molar-refractivity contribution is 7.92. The first-order valence-corrected chi connectivity index (χ1v) is 14.0. The van der Waals surface area contributed by atoms with Crippen molar-refractivity contribution in [3.05, 3.63) is 83.6 Å². The first-order valence-electron chi connectivity index (χ1n) is 12.1. The van der Waals surface area contributed by atoms with E-state index in [2.05, 4.69) is 10.0 Å². The van der Waals surface area contributed by atoms with Crippen LogP contribution in [0.3, 0.4) is 0 Å². The lowest BCUT2D eigenvalue weighted by Gasteiger charge is -2.24. The van der Waals surface area contributed by atoms with E-state index in [1.807, 2.05) is 76.3 Å². The molecule has 0 aliphatic carbocycles. The highest BCUT2D eigenvalue weighted by Crippen LogP contribution is 2.39. The van der Waals surface area contributed by atoms with Gasteiger partial charge in [0.1, 0.15) is 18.1 Å². The number of nitrogens with zero attached hydrogens (tertiary/aromatic N) is 1. The number of amides is 1. The fourth-order valence-electron chi connectivity index (χ4n) is 4.29. The fraction of sp³-hybridized carbons (Fsp3) is 0.276. The van der Waals surface area contributed by atoms with Crippen LogP contribution in [0.15, 0.2) is 66.7 Å². The number of sulfonamides is 1. The molecule has 0 fully saturated rings. The molecule has 0 unspecified atom stereocenters. The van der Waals surface area contributed by atoms with Crippen molar-refractivity contribution in [1.29, 1.82) is 0 Å². The molecule has 0 bridgehead atoms. The molecule has 0 saturated heterocycles. The third-order valence-electron chi connectivity index (χ3n) is 6.19. The minimum absolute atomic E-state index is 0.224. The maximum atomic E-state index is 13.6. The van der Waals surface area contributed by atoms with Crippen LogP contribution in [-0.4, -0.2) is 32.3 Å². The Balaban J connectivity index is 1.71. The summed E-state index contributed by atoms with van der Waals surface area (Å²) < 4.78 is 40.0. The number of para-hydroxylation sites is 1. The van der Waals surface area contributed by atoms with Gasteiger partial charge in [-0.1, -0.05) is 63.2 Å². The molecule has 0 radical (unpaired) electrons. The summed E-state index contributed by atoms with van der Waals surface area (Å²) in [4.78, 5) is 13.6. The zero-order chi connectivity index (χ0) is 27.7. The lowest BCUT2D eigenvalue weighted by molar-refractivity contribution is 0.101. The topological polar surface area (TPSA) is 98.7 Å². The number of ether oxygens (including phenoxy) is 2. The van der Waals surface area contributed by atoms with Gasteiger partial charge in [-0.15, -0.1) is 0 Å². The molecule has 4 aromatic rings. The summed E-state index contributed by atoms with van der Waals surface area (Å²) in [6, 6.07) is 20.9. The summed E-state index contributed by atoms with van der Waals surface area (Å²) in [7, 11) is -0.340. The van der Waals surface area contributed by atoms with E-state index in [1.165, 1.54) is 7.11 Å². The average Bonchev–Trinajstić information content (AvgIpc) is 3.19. The quantitative estimate of drug-likeness (QED) is 0.302. The highest BCUT2D eigenvalue weighted by atomic mass is 32.2. The van der Waals surface area contributed by atoms with Gasteiger partial charge in [-0.25, -0.2) is 8.42 Å². The molecule has 0 saturated carbocycles. The van der Waals surface area contributed by atoms with Crippen molar-refractivity contribution < 1.29 is 22.7 Å². The van der Waals surface area contributed by atoms with E-state index in [1.54, 1.807) is 22.8 Å². The van der Waals surface area contributed by atoms with Crippen LogP contribution < -0.4 is 19.5 Å². The Morgan fingerprint density at radius 3 is 2.29 bits per heavy atom. The zero-order valence-electron chi connectivity index (χ0n) is 22.5. The molecule has 9 heteroatoms. The molecular formula is C29H33N3O5S. The molecule has 0 aliphatic rings.